The molecular weight excluding hydrogens is 688 g/mol. The zero-order chi connectivity index (χ0) is 34.6. The quantitative estimate of drug-likeness (QED) is 0.221. The van der Waals surface area contributed by atoms with Crippen LogP contribution < -0.4 is 10.6 Å². The molecule has 1 unspecified atom stereocenters. The van der Waals surface area contributed by atoms with Gasteiger partial charge in [-0.3, -0.25) is 0 Å². The molecular formula is C27H16F15O3P. The first kappa shape index (κ1) is 34.3. The van der Waals surface area contributed by atoms with Crippen LogP contribution in [0, 0.1) is 0 Å². The molecule has 1 atom stereocenters. The first-order valence-corrected chi connectivity index (χ1v) is 14.8. The van der Waals surface area contributed by atoms with Gasteiger partial charge in [0.05, 0.1) is 0 Å². The number of fused-ring (bicyclic) bond motifs is 4. The van der Waals surface area contributed by atoms with E-state index in [4.69, 9.17) is 0 Å². The summed E-state index contributed by atoms with van der Waals surface area (Å²) in [6.07, 6.45) is -36.1. The average molecular weight is 704 g/mol. The summed E-state index contributed by atoms with van der Waals surface area (Å²) < 4.78 is 232. The molecule has 1 N–H and O–H groups in total. The van der Waals surface area contributed by atoms with Crippen LogP contribution in [0.1, 0.15) is 16.7 Å². The van der Waals surface area contributed by atoms with E-state index in [0.29, 0.717) is 36.4 Å². The van der Waals surface area contributed by atoms with Gasteiger partial charge in [0.15, 0.2) is 0 Å². The molecule has 2 heterocycles. The predicted molar refractivity (Wildman–Crippen MR) is 130 cm³/mol. The molecule has 5 rings (SSSR count). The number of hydrogen-bond acceptors (Lipinski definition) is 3. The second kappa shape index (κ2) is 9.51. The van der Waals surface area contributed by atoms with Gasteiger partial charge in [-0.25, -0.2) is 0 Å². The van der Waals surface area contributed by atoms with Crippen LogP contribution in [0.5, 0.6) is 0 Å². The molecule has 3 aromatic rings. The number of hydrogen-bond donors (Lipinski definition) is 1. The van der Waals surface area contributed by atoms with Crippen molar-refractivity contribution in [2.75, 3.05) is 6.16 Å². The summed E-state index contributed by atoms with van der Waals surface area (Å²) in [5.74, 6) is 0. The van der Waals surface area contributed by atoms with E-state index < -0.39 is 88.2 Å². The molecule has 1 spiro atoms. The standard InChI is InChI=1S/C27H16F15O3P/c28-23(29,30)20(43,15-8-2-1-3-9-15)14-46(18-12-6-4-10-16(18)21(44-46,24(31,32)33)25(34,35)36)19-13-7-5-11-17(19)22(45-46,26(37,38)39)27(40,41)42/h1-13,43H,14H2. The minimum atomic E-state index is -7.90. The summed E-state index contributed by atoms with van der Waals surface area (Å²) in [5, 5.41) is 7.69. The summed E-state index contributed by atoms with van der Waals surface area (Å²) in [7, 11) is -7.90. The Balaban J connectivity index is 2.09. The maximum atomic E-state index is 14.9. The van der Waals surface area contributed by atoms with E-state index in [1.165, 1.54) is 0 Å². The molecule has 0 aliphatic carbocycles. The first-order chi connectivity index (χ1) is 20.8. The van der Waals surface area contributed by atoms with E-state index in [1.807, 2.05) is 0 Å². The third-order valence-electron chi connectivity index (χ3n) is 8.03. The zero-order valence-corrected chi connectivity index (χ0v) is 23.0. The van der Waals surface area contributed by atoms with Crippen LogP contribution >= 0.6 is 7.06 Å². The van der Waals surface area contributed by atoms with Crippen LogP contribution in [-0.4, -0.2) is 42.1 Å². The number of halogens is 15. The van der Waals surface area contributed by atoms with Gasteiger partial charge in [0.2, 0.25) is 0 Å². The molecule has 0 radical (unpaired) electrons. The Labute approximate surface area is 247 Å². The Hall–Kier alpha value is -3.08. The Bertz CT molecular complexity index is 1540. The van der Waals surface area contributed by atoms with Crippen molar-refractivity contribution in [3.63, 3.8) is 0 Å². The Morgan fingerprint density at radius 3 is 1.15 bits per heavy atom. The van der Waals surface area contributed by atoms with Gasteiger partial charge in [-0.1, -0.05) is 0 Å². The fourth-order valence-electron chi connectivity index (χ4n) is 6.20. The van der Waals surface area contributed by atoms with Gasteiger partial charge >= 0.3 is 247 Å². The van der Waals surface area contributed by atoms with E-state index in [0.717, 1.165) is 18.2 Å². The maximum absolute atomic E-state index is 14.9. The monoisotopic (exact) mass is 704 g/mol. The Morgan fingerprint density at radius 2 is 0.826 bits per heavy atom. The molecule has 0 saturated heterocycles. The Morgan fingerprint density at radius 1 is 0.500 bits per heavy atom. The fourth-order valence-corrected chi connectivity index (χ4v) is 12.5. The van der Waals surface area contributed by atoms with Crippen molar-refractivity contribution >= 4 is 17.7 Å². The van der Waals surface area contributed by atoms with Crippen molar-refractivity contribution in [1.82, 2.24) is 0 Å². The van der Waals surface area contributed by atoms with Crippen LogP contribution in [0.15, 0.2) is 78.9 Å². The number of rotatable bonds is 3. The number of aliphatic hydroxyl groups is 1. The van der Waals surface area contributed by atoms with E-state index in [-0.39, 0.29) is 24.3 Å². The molecule has 0 bridgehead atoms. The third-order valence-corrected chi connectivity index (χ3v) is 13.1. The second-order valence-electron chi connectivity index (χ2n) is 10.6. The van der Waals surface area contributed by atoms with Crippen molar-refractivity contribution in [1.29, 1.82) is 0 Å². The van der Waals surface area contributed by atoms with Crippen LogP contribution in [0.2, 0.25) is 0 Å². The van der Waals surface area contributed by atoms with Crippen LogP contribution in [0.3, 0.4) is 0 Å². The van der Waals surface area contributed by atoms with Gasteiger partial charge in [-0.15, -0.1) is 0 Å². The third kappa shape index (κ3) is 4.05. The average Bonchev–Trinajstić information content (AvgIpc) is 3.36. The van der Waals surface area contributed by atoms with Crippen molar-refractivity contribution in [3.05, 3.63) is 95.6 Å². The number of benzene rings is 3. The molecule has 0 aromatic heterocycles. The Kier molecular flexibility index (Phi) is 7.08. The molecule has 2 aliphatic rings. The van der Waals surface area contributed by atoms with E-state index in [9.17, 15) is 71.0 Å². The molecule has 0 saturated carbocycles. The van der Waals surface area contributed by atoms with Crippen LogP contribution in [0.4, 0.5) is 65.9 Å². The van der Waals surface area contributed by atoms with Gasteiger partial charge in [-0.05, 0) is 0 Å². The van der Waals surface area contributed by atoms with Crippen molar-refractivity contribution in [2.45, 2.75) is 47.7 Å². The summed E-state index contributed by atoms with van der Waals surface area (Å²) >= 11 is 0. The minimum absolute atomic E-state index is 0.0000236. The molecule has 252 valence electrons. The molecule has 3 aromatic carbocycles. The molecule has 0 amide bonds. The van der Waals surface area contributed by atoms with E-state index >= 15 is 0 Å². The van der Waals surface area contributed by atoms with Crippen molar-refractivity contribution in [2.24, 2.45) is 0 Å². The van der Waals surface area contributed by atoms with E-state index in [2.05, 4.69) is 9.05 Å². The van der Waals surface area contributed by atoms with Gasteiger partial charge in [-0.2, -0.15) is 0 Å². The van der Waals surface area contributed by atoms with Crippen molar-refractivity contribution in [3.8, 4) is 0 Å². The molecule has 0 fully saturated rings. The zero-order valence-electron chi connectivity index (χ0n) is 22.1. The number of alkyl halides is 15. The summed E-state index contributed by atoms with van der Waals surface area (Å²) in [6.45, 7) is 0. The molecule has 3 nitrogen and oxygen atoms in total. The van der Waals surface area contributed by atoms with Gasteiger partial charge in [0, 0.05) is 0 Å². The molecule has 2 aliphatic heterocycles. The fraction of sp³-hybridized carbons (Fsp3) is 0.333. The second-order valence-corrected chi connectivity index (χ2v) is 14.5. The molecule has 46 heavy (non-hydrogen) atoms. The van der Waals surface area contributed by atoms with E-state index in [1.54, 1.807) is 0 Å². The van der Waals surface area contributed by atoms with Gasteiger partial charge < -0.3 is 0 Å². The van der Waals surface area contributed by atoms with Crippen molar-refractivity contribution < 1.29 is 80.0 Å². The topological polar surface area (TPSA) is 38.7 Å². The normalized spacial score (nSPS) is 22.4. The summed E-state index contributed by atoms with van der Waals surface area (Å²) in [5.41, 5.74) is -22.1. The predicted octanol–water partition coefficient (Wildman–Crippen LogP) is 8.17. The van der Waals surface area contributed by atoms with Crippen LogP contribution in [-0.2, 0) is 25.9 Å². The SMILES string of the molecule is OC(CP12(OC(C(F)(F)F)(C(F)(F)F)c3ccccc31)OC(C(F)(F)F)(C(F)(F)F)c1ccccc12)(c1ccccc1)C(F)(F)F. The summed E-state index contributed by atoms with van der Waals surface area (Å²) in [4.78, 5) is 0. The van der Waals surface area contributed by atoms with Gasteiger partial charge in [0.1, 0.15) is 0 Å². The van der Waals surface area contributed by atoms with Crippen LogP contribution in [0.25, 0.3) is 0 Å². The molecule has 19 heteroatoms. The first-order valence-electron chi connectivity index (χ1n) is 12.5. The summed E-state index contributed by atoms with van der Waals surface area (Å²) in [6, 6.07) is 6.09. The van der Waals surface area contributed by atoms with Gasteiger partial charge in [0.25, 0.3) is 0 Å².